The van der Waals surface area contributed by atoms with Crippen molar-refractivity contribution in [1.29, 1.82) is 0 Å². The number of hydrogen-bond donors (Lipinski definition) is 0. The molecule has 0 saturated carbocycles. The summed E-state index contributed by atoms with van der Waals surface area (Å²) in [5.41, 5.74) is 2.22. The second-order valence-electron chi connectivity index (χ2n) is 8.40. The molecular weight excluding hydrogens is 368 g/mol. The molecule has 0 N–H and O–H groups in total. The molecule has 1 aromatic rings. The molecule has 0 bridgehead atoms. The van der Waals surface area contributed by atoms with Crippen LogP contribution in [0.3, 0.4) is 0 Å². The zero-order chi connectivity index (χ0) is 20.4. The van der Waals surface area contributed by atoms with E-state index in [1.165, 1.54) is 5.56 Å². The van der Waals surface area contributed by atoms with E-state index in [0.717, 1.165) is 37.2 Å². The SMILES string of the molecule is CC1CN(C(=O)C2CCN(C(=O)/C=C/c3ccc4c(c3)CCO4)CC2)CC(C)O1. The van der Waals surface area contributed by atoms with Crippen LogP contribution in [0.1, 0.15) is 37.8 Å². The van der Waals surface area contributed by atoms with Gasteiger partial charge in [0.15, 0.2) is 0 Å². The second kappa shape index (κ2) is 8.57. The van der Waals surface area contributed by atoms with Crippen LogP contribution in [-0.4, -0.2) is 66.6 Å². The first-order valence-electron chi connectivity index (χ1n) is 10.7. The molecule has 3 heterocycles. The predicted molar refractivity (Wildman–Crippen MR) is 111 cm³/mol. The van der Waals surface area contributed by atoms with E-state index in [0.29, 0.717) is 26.2 Å². The summed E-state index contributed by atoms with van der Waals surface area (Å²) in [7, 11) is 0. The number of amides is 2. The summed E-state index contributed by atoms with van der Waals surface area (Å²) in [6, 6.07) is 6.03. The molecule has 2 amide bonds. The van der Waals surface area contributed by atoms with E-state index >= 15 is 0 Å². The van der Waals surface area contributed by atoms with E-state index in [2.05, 4.69) is 6.07 Å². The number of rotatable bonds is 3. The van der Waals surface area contributed by atoms with Gasteiger partial charge in [-0.3, -0.25) is 9.59 Å². The molecule has 0 radical (unpaired) electrons. The zero-order valence-corrected chi connectivity index (χ0v) is 17.3. The third-order valence-electron chi connectivity index (χ3n) is 6.02. The van der Waals surface area contributed by atoms with Crippen molar-refractivity contribution in [1.82, 2.24) is 9.80 Å². The van der Waals surface area contributed by atoms with E-state index in [9.17, 15) is 9.59 Å². The summed E-state index contributed by atoms with van der Waals surface area (Å²) >= 11 is 0. The van der Waals surface area contributed by atoms with Crippen LogP contribution in [0, 0.1) is 5.92 Å². The molecule has 2 saturated heterocycles. The van der Waals surface area contributed by atoms with Crippen LogP contribution < -0.4 is 4.74 Å². The van der Waals surface area contributed by atoms with Crippen LogP contribution in [0.2, 0.25) is 0 Å². The van der Waals surface area contributed by atoms with Crippen LogP contribution >= 0.6 is 0 Å². The van der Waals surface area contributed by atoms with E-state index in [1.54, 1.807) is 6.08 Å². The van der Waals surface area contributed by atoms with Gasteiger partial charge in [-0.2, -0.15) is 0 Å². The third kappa shape index (κ3) is 4.64. The van der Waals surface area contributed by atoms with Gasteiger partial charge in [-0.25, -0.2) is 0 Å². The molecule has 3 aliphatic rings. The number of benzene rings is 1. The summed E-state index contributed by atoms with van der Waals surface area (Å²) in [5.74, 6) is 1.19. The van der Waals surface area contributed by atoms with Crippen molar-refractivity contribution in [3.05, 3.63) is 35.4 Å². The first-order chi connectivity index (χ1) is 14.0. The molecule has 6 nitrogen and oxygen atoms in total. The minimum atomic E-state index is 0.0113. The fourth-order valence-electron chi connectivity index (χ4n) is 4.55. The van der Waals surface area contributed by atoms with E-state index in [1.807, 2.05) is 41.9 Å². The quantitative estimate of drug-likeness (QED) is 0.734. The average Bonchev–Trinajstić information content (AvgIpc) is 3.19. The lowest BCUT2D eigenvalue weighted by Crippen LogP contribution is -2.51. The van der Waals surface area contributed by atoms with E-state index < -0.39 is 0 Å². The number of hydrogen-bond acceptors (Lipinski definition) is 4. The van der Waals surface area contributed by atoms with Crippen molar-refractivity contribution in [2.45, 2.75) is 45.3 Å². The number of fused-ring (bicyclic) bond motifs is 1. The average molecular weight is 399 g/mol. The Bertz CT molecular complexity index is 788. The summed E-state index contributed by atoms with van der Waals surface area (Å²) in [5, 5.41) is 0. The number of carbonyl (C=O) groups is 2. The topological polar surface area (TPSA) is 59.1 Å². The van der Waals surface area contributed by atoms with E-state index in [-0.39, 0.29) is 29.9 Å². The maximum absolute atomic E-state index is 12.9. The van der Waals surface area contributed by atoms with Crippen LogP contribution in [0.4, 0.5) is 0 Å². The molecule has 6 heteroatoms. The fraction of sp³-hybridized carbons (Fsp3) is 0.565. The van der Waals surface area contributed by atoms with Gasteiger partial charge in [-0.1, -0.05) is 6.07 Å². The molecule has 4 rings (SSSR count). The molecule has 0 aromatic heterocycles. The molecule has 2 atom stereocenters. The third-order valence-corrected chi connectivity index (χ3v) is 6.02. The minimum absolute atomic E-state index is 0.0113. The molecule has 2 fully saturated rings. The summed E-state index contributed by atoms with van der Waals surface area (Å²) in [4.78, 5) is 29.2. The van der Waals surface area contributed by atoms with Gasteiger partial charge in [0.1, 0.15) is 5.75 Å². The number of likely N-dealkylation sites (tertiary alicyclic amines) is 1. The van der Waals surface area contributed by atoms with Gasteiger partial charge in [0, 0.05) is 44.6 Å². The van der Waals surface area contributed by atoms with Crippen LogP contribution in [0.25, 0.3) is 6.08 Å². The molecule has 29 heavy (non-hydrogen) atoms. The number of morpholine rings is 1. The van der Waals surface area contributed by atoms with Crippen molar-refractivity contribution in [2.75, 3.05) is 32.8 Å². The van der Waals surface area contributed by atoms with Gasteiger partial charge in [0.2, 0.25) is 11.8 Å². The van der Waals surface area contributed by atoms with Gasteiger partial charge in [0.25, 0.3) is 0 Å². The number of ether oxygens (including phenoxy) is 2. The highest BCUT2D eigenvalue weighted by atomic mass is 16.5. The Hall–Kier alpha value is -2.34. The lowest BCUT2D eigenvalue weighted by molar-refractivity contribution is -0.149. The summed E-state index contributed by atoms with van der Waals surface area (Å²) < 4.78 is 11.3. The molecule has 156 valence electrons. The molecular formula is C23H30N2O4. The second-order valence-corrected chi connectivity index (χ2v) is 8.40. The first-order valence-corrected chi connectivity index (χ1v) is 10.7. The van der Waals surface area contributed by atoms with Gasteiger partial charge < -0.3 is 19.3 Å². The standard InChI is InChI=1S/C23H30N2O4/c1-16-14-25(15-17(2)29-16)23(27)19-7-10-24(11-8-19)22(26)6-4-18-3-5-21-20(13-18)9-12-28-21/h3-6,13,16-17,19H,7-12,14-15H2,1-2H3/b6-4+. The van der Waals surface area contributed by atoms with Crippen LogP contribution in [-0.2, 0) is 20.7 Å². The largest absolute Gasteiger partial charge is 0.493 e. The Labute approximate surface area is 172 Å². The van der Waals surface area contributed by atoms with E-state index in [4.69, 9.17) is 9.47 Å². The number of nitrogens with zero attached hydrogens (tertiary/aromatic N) is 2. The Morgan fingerprint density at radius 2 is 1.79 bits per heavy atom. The smallest absolute Gasteiger partial charge is 0.246 e. The van der Waals surface area contributed by atoms with Crippen molar-refractivity contribution >= 4 is 17.9 Å². The highest BCUT2D eigenvalue weighted by Gasteiger charge is 2.33. The van der Waals surface area contributed by atoms with Crippen molar-refractivity contribution in [3.8, 4) is 5.75 Å². The number of piperidine rings is 1. The lowest BCUT2D eigenvalue weighted by atomic mass is 9.94. The van der Waals surface area contributed by atoms with Crippen LogP contribution in [0.15, 0.2) is 24.3 Å². The van der Waals surface area contributed by atoms with Crippen molar-refractivity contribution in [2.24, 2.45) is 5.92 Å². The predicted octanol–water partition coefficient (Wildman–Crippen LogP) is 2.51. The maximum Gasteiger partial charge on any atom is 0.246 e. The van der Waals surface area contributed by atoms with Gasteiger partial charge >= 0.3 is 0 Å². The van der Waals surface area contributed by atoms with Gasteiger partial charge in [0.05, 0.1) is 18.8 Å². The zero-order valence-electron chi connectivity index (χ0n) is 17.3. The molecule has 2 unspecified atom stereocenters. The Kier molecular flexibility index (Phi) is 5.90. The lowest BCUT2D eigenvalue weighted by Gasteiger charge is -2.39. The minimum Gasteiger partial charge on any atom is -0.493 e. The number of carbonyl (C=O) groups excluding carboxylic acids is 2. The molecule has 0 aliphatic carbocycles. The highest BCUT2D eigenvalue weighted by molar-refractivity contribution is 5.92. The monoisotopic (exact) mass is 398 g/mol. The van der Waals surface area contributed by atoms with Gasteiger partial charge in [-0.05, 0) is 56.0 Å². The normalized spacial score (nSPS) is 25.2. The van der Waals surface area contributed by atoms with Crippen LogP contribution in [0.5, 0.6) is 5.75 Å². The Morgan fingerprint density at radius 3 is 2.52 bits per heavy atom. The van der Waals surface area contributed by atoms with Gasteiger partial charge in [-0.15, -0.1) is 0 Å². The van der Waals surface area contributed by atoms with Crippen molar-refractivity contribution in [3.63, 3.8) is 0 Å². The molecule has 3 aliphatic heterocycles. The highest BCUT2D eigenvalue weighted by Crippen LogP contribution is 2.26. The fourth-order valence-corrected chi connectivity index (χ4v) is 4.55. The first kappa shape index (κ1) is 20.0. The maximum atomic E-state index is 12.9. The summed E-state index contributed by atoms with van der Waals surface area (Å²) in [6.07, 6.45) is 6.07. The Balaban J connectivity index is 1.29. The molecule has 1 aromatic carbocycles. The van der Waals surface area contributed by atoms with Crippen molar-refractivity contribution < 1.29 is 19.1 Å². The molecule has 0 spiro atoms. The summed E-state index contributed by atoms with van der Waals surface area (Å²) in [6.45, 7) is 7.35. The Morgan fingerprint density at radius 1 is 1.07 bits per heavy atom.